The van der Waals surface area contributed by atoms with Crippen molar-refractivity contribution in [2.24, 2.45) is 5.92 Å². The Hall–Kier alpha value is -1.29. The van der Waals surface area contributed by atoms with Gasteiger partial charge in [-0.3, -0.25) is 0 Å². The first-order valence-electron chi connectivity index (χ1n) is 6.41. The first-order chi connectivity index (χ1) is 8.99. The molecule has 1 unspecified atom stereocenters. The molecular formula is C15H18BrNO2. The molecule has 0 radical (unpaired) electrons. The summed E-state index contributed by atoms with van der Waals surface area (Å²) in [6.45, 7) is 6.39. The predicted octanol–water partition coefficient (Wildman–Crippen LogP) is 4.16. The van der Waals surface area contributed by atoms with Crippen molar-refractivity contribution in [1.82, 2.24) is 4.57 Å². The Bertz CT molecular complexity index is 589. The fraction of sp³-hybridized carbons (Fsp3) is 0.400. The Morgan fingerprint density at radius 1 is 1.32 bits per heavy atom. The lowest BCUT2D eigenvalue weighted by Crippen LogP contribution is -2.20. The maximum Gasteiger partial charge on any atom is 0.328 e. The molecule has 1 aromatic carbocycles. The standard InChI is InChI=1S/C15H18BrNO2/c1-10(2)9-19-15(18)11(3)17-7-6-12-8-13(16)4-5-14(12)17/h4-8,10-11H,9H2,1-3H3. The molecule has 0 amide bonds. The Labute approximate surface area is 121 Å². The van der Waals surface area contributed by atoms with E-state index in [1.54, 1.807) is 0 Å². The van der Waals surface area contributed by atoms with Gasteiger partial charge in [-0.1, -0.05) is 29.8 Å². The van der Waals surface area contributed by atoms with Crippen LogP contribution in [0.4, 0.5) is 0 Å². The minimum atomic E-state index is -0.308. The molecule has 2 aromatic rings. The van der Waals surface area contributed by atoms with Crippen molar-refractivity contribution in [3.63, 3.8) is 0 Å². The highest BCUT2D eigenvalue weighted by Gasteiger charge is 2.18. The summed E-state index contributed by atoms with van der Waals surface area (Å²) in [5.41, 5.74) is 1.04. The third kappa shape index (κ3) is 3.18. The average Bonchev–Trinajstić information content (AvgIpc) is 2.77. The summed E-state index contributed by atoms with van der Waals surface area (Å²) in [5.74, 6) is 0.169. The number of ether oxygens (including phenoxy) is 1. The number of hydrogen-bond acceptors (Lipinski definition) is 2. The molecule has 1 heterocycles. The van der Waals surface area contributed by atoms with Gasteiger partial charge < -0.3 is 9.30 Å². The number of hydrogen-bond donors (Lipinski definition) is 0. The minimum Gasteiger partial charge on any atom is -0.464 e. The van der Waals surface area contributed by atoms with E-state index in [0.29, 0.717) is 12.5 Å². The molecule has 1 aromatic heterocycles. The molecule has 0 aliphatic heterocycles. The summed E-state index contributed by atoms with van der Waals surface area (Å²) in [4.78, 5) is 12.0. The summed E-state index contributed by atoms with van der Waals surface area (Å²) in [6, 6.07) is 7.72. The van der Waals surface area contributed by atoms with Gasteiger partial charge in [-0.25, -0.2) is 4.79 Å². The average molecular weight is 324 g/mol. The van der Waals surface area contributed by atoms with Gasteiger partial charge in [-0.2, -0.15) is 0 Å². The summed E-state index contributed by atoms with van der Waals surface area (Å²) < 4.78 is 8.28. The number of carbonyl (C=O) groups excluding carboxylic acids is 1. The minimum absolute atomic E-state index is 0.186. The van der Waals surface area contributed by atoms with E-state index in [4.69, 9.17) is 4.74 Å². The zero-order valence-corrected chi connectivity index (χ0v) is 13.0. The normalized spacial score (nSPS) is 12.9. The highest BCUT2D eigenvalue weighted by atomic mass is 79.9. The molecule has 1 atom stereocenters. The Morgan fingerprint density at radius 2 is 2.05 bits per heavy atom. The Balaban J connectivity index is 2.21. The lowest BCUT2D eigenvalue weighted by molar-refractivity contribution is -0.148. The van der Waals surface area contributed by atoms with Crippen molar-refractivity contribution in [3.8, 4) is 0 Å². The van der Waals surface area contributed by atoms with Crippen molar-refractivity contribution < 1.29 is 9.53 Å². The van der Waals surface area contributed by atoms with Gasteiger partial charge in [0.2, 0.25) is 0 Å². The van der Waals surface area contributed by atoms with Crippen LogP contribution in [0.3, 0.4) is 0 Å². The van der Waals surface area contributed by atoms with E-state index < -0.39 is 0 Å². The molecule has 0 saturated carbocycles. The largest absolute Gasteiger partial charge is 0.464 e. The SMILES string of the molecule is CC(C)COC(=O)C(C)n1ccc2cc(Br)ccc21. The number of esters is 1. The molecule has 4 heteroatoms. The molecule has 0 aliphatic carbocycles. The number of halogens is 1. The van der Waals surface area contributed by atoms with Gasteiger partial charge in [0.05, 0.1) is 6.61 Å². The van der Waals surface area contributed by atoms with Crippen LogP contribution in [-0.4, -0.2) is 17.1 Å². The molecule has 0 N–H and O–H groups in total. The van der Waals surface area contributed by atoms with E-state index in [2.05, 4.69) is 15.9 Å². The van der Waals surface area contributed by atoms with Crippen molar-refractivity contribution in [2.45, 2.75) is 26.8 Å². The molecule has 0 bridgehead atoms. The second-order valence-electron chi connectivity index (χ2n) is 5.13. The molecule has 0 aliphatic rings. The number of fused-ring (bicyclic) bond motifs is 1. The monoisotopic (exact) mass is 323 g/mol. The van der Waals surface area contributed by atoms with Crippen LogP contribution in [0, 0.1) is 5.92 Å². The van der Waals surface area contributed by atoms with Crippen LogP contribution < -0.4 is 0 Å². The third-order valence-electron chi connectivity index (χ3n) is 3.00. The maximum atomic E-state index is 12.0. The van der Waals surface area contributed by atoms with Crippen molar-refractivity contribution in [2.75, 3.05) is 6.61 Å². The Kier molecular flexibility index (Phi) is 4.30. The molecule has 0 saturated heterocycles. The molecule has 0 fully saturated rings. The smallest absolute Gasteiger partial charge is 0.328 e. The highest BCUT2D eigenvalue weighted by Crippen LogP contribution is 2.24. The van der Waals surface area contributed by atoms with Crippen LogP contribution in [0.5, 0.6) is 0 Å². The molecule has 19 heavy (non-hydrogen) atoms. The quantitative estimate of drug-likeness (QED) is 0.791. The second kappa shape index (κ2) is 5.78. The fourth-order valence-corrected chi connectivity index (χ4v) is 2.33. The first kappa shape index (κ1) is 14.1. The van der Waals surface area contributed by atoms with E-state index in [9.17, 15) is 4.79 Å². The molecule has 0 spiro atoms. The molecule has 102 valence electrons. The highest BCUT2D eigenvalue weighted by molar-refractivity contribution is 9.10. The number of aromatic nitrogens is 1. The second-order valence-corrected chi connectivity index (χ2v) is 6.04. The lowest BCUT2D eigenvalue weighted by Gasteiger charge is -2.15. The van der Waals surface area contributed by atoms with Crippen molar-refractivity contribution >= 4 is 32.8 Å². The van der Waals surface area contributed by atoms with Crippen LogP contribution in [0.2, 0.25) is 0 Å². The van der Waals surface area contributed by atoms with Gasteiger partial charge in [0, 0.05) is 21.6 Å². The van der Waals surface area contributed by atoms with Crippen LogP contribution in [0.15, 0.2) is 34.9 Å². The van der Waals surface area contributed by atoms with Crippen LogP contribution in [0.1, 0.15) is 26.8 Å². The van der Waals surface area contributed by atoms with Gasteiger partial charge in [-0.05, 0) is 37.1 Å². The third-order valence-corrected chi connectivity index (χ3v) is 3.49. The van der Waals surface area contributed by atoms with E-state index in [1.165, 1.54) is 0 Å². The number of rotatable bonds is 4. The van der Waals surface area contributed by atoms with Crippen LogP contribution >= 0.6 is 15.9 Å². The Morgan fingerprint density at radius 3 is 2.74 bits per heavy atom. The van der Waals surface area contributed by atoms with Crippen molar-refractivity contribution in [3.05, 3.63) is 34.9 Å². The van der Waals surface area contributed by atoms with Gasteiger partial charge in [-0.15, -0.1) is 0 Å². The van der Waals surface area contributed by atoms with Gasteiger partial charge in [0.15, 0.2) is 0 Å². The molecule has 3 nitrogen and oxygen atoms in total. The van der Waals surface area contributed by atoms with E-state index in [1.807, 2.05) is 55.8 Å². The summed E-state index contributed by atoms with van der Waals surface area (Å²) >= 11 is 3.45. The fourth-order valence-electron chi connectivity index (χ4n) is 1.96. The van der Waals surface area contributed by atoms with Crippen molar-refractivity contribution in [1.29, 1.82) is 0 Å². The number of nitrogens with zero attached hydrogens (tertiary/aromatic N) is 1. The zero-order valence-electron chi connectivity index (χ0n) is 11.4. The maximum absolute atomic E-state index is 12.0. The number of carbonyl (C=O) groups is 1. The van der Waals surface area contributed by atoms with Crippen LogP contribution in [0.25, 0.3) is 10.9 Å². The van der Waals surface area contributed by atoms with Gasteiger partial charge in [0.25, 0.3) is 0 Å². The summed E-state index contributed by atoms with van der Waals surface area (Å²) in [5, 5.41) is 1.11. The van der Waals surface area contributed by atoms with Crippen LogP contribution in [-0.2, 0) is 9.53 Å². The van der Waals surface area contributed by atoms with Gasteiger partial charge in [0.1, 0.15) is 6.04 Å². The topological polar surface area (TPSA) is 31.2 Å². The zero-order chi connectivity index (χ0) is 14.0. The van der Waals surface area contributed by atoms with Gasteiger partial charge >= 0.3 is 5.97 Å². The van der Waals surface area contributed by atoms with E-state index >= 15 is 0 Å². The number of benzene rings is 1. The lowest BCUT2D eigenvalue weighted by atomic mass is 10.2. The van der Waals surface area contributed by atoms with E-state index in [-0.39, 0.29) is 12.0 Å². The summed E-state index contributed by atoms with van der Waals surface area (Å²) in [7, 11) is 0. The molecular weight excluding hydrogens is 306 g/mol. The predicted molar refractivity (Wildman–Crippen MR) is 80.1 cm³/mol. The first-order valence-corrected chi connectivity index (χ1v) is 7.21. The molecule has 2 rings (SSSR count). The van der Waals surface area contributed by atoms with E-state index in [0.717, 1.165) is 15.4 Å². The summed E-state index contributed by atoms with van der Waals surface area (Å²) in [6.07, 6.45) is 1.93.